The van der Waals surface area contributed by atoms with Crippen LogP contribution in [0.25, 0.3) is 0 Å². The van der Waals surface area contributed by atoms with E-state index in [0.717, 1.165) is 35.4 Å². The van der Waals surface area contributed by atoms with Crippen LogP contribution >= 0.6 is 0 Å². The number of aliphatic hydroxyl groups excluding tert-OH is 1. The summed E-state index contributed by atoms with van der Waals surface area (Å²) in [4.78, 5) is 0. The number of hydrogen-bond acceptors (Lipinski definition) is 3. The Bertz CT molecular complexity index is 388. The molecule has 0 amide bonds. The van der Waals surface area contributed by atoms with Crippen LogP contribution < -0.4 is 10.1 Å². The third-order valence-corrected chi connectivity index (χ3v) is 3.83. The van der Waals surface area contributed by atoms with Crippen LogP contribution in [-0.4, -0.2) is 24.8 Å². The summed E-state index contributed by atoms with van der Waals surface area (Å²) in [5.41, 5.74) is 3.26. The molecule has 0 spiro atoms. The summed E-state index contributed by atoms with van der Waals surface area (Å²) in [5.74, 6) is 0.859. The Labute approximate surface area is 109 Å². The predicted octanol–water partition coefficient (Wildman–Crippen LogP) is 2.49. The van der Waals surface area contributed by atoms with Gasteiger partial charge in [0.25, 0.3) is 0 Å². The van der Waals surface area contributed by atoms with Crippen molar-refractivity contribution in [2.75, 3.05) is 13.7 Å². The van der Waals surface area contributed by atoms with Gasteiger partial charge in [-0.3, -0.25) is 0 Å². The van der Waals surface area contributed by atoms with Gasteiger partial charge in [-0.1, -0.05) is 6.42 Å². The maximum Gasteiger partial charge on any atom is 0.119 e. The van der Waals surface area contributed by atoms with E-state index in [0.29, 0.717) is 0 Å². The minimum atomic E-state index is -0.420. The lowest BCUT2D eigenvalue weighted by Crippen LogP contribution is -2.39. The topological polar surface area (TPSA) is 41.5 Å². The first-order valence-corrected chi connectivity index (χ1v) is 6.70. The van der Waals surface area contributed by atoms with Crippen molar-refractivity contribution >= 4 is 0 Å². The van der Waals surface area contributed by atoms with Crippen LogP contribution in [0.4, 0.5) is 0 Å². The van der Waals surface area contributed by atoms with Crippen LogP contribution in [0.5, 0.6) is 5.75 Å². The number of nitrogens with one attached hydrogen (secondary N) is 1. The second-order valence-electron chi connectivity index (χ2n) is 5.18. The highest BCUT2D eigenvalue weighted by Gasteiger charge is 2.25. The smallest absolute Gasteiger partial charge is 0.119 e. The van der Waals surface area contributed by atoms with Gasteiger partial charge in [0.05, 0.1) is 13.2 Å². The van der Waals surface area contributed by atoms with Crippen molar-refractivity contribution in [2.24, 2.45) is 0 Å². The number of ether oxygens (including phenoxy) is 1. The highest BCUT2D eigenvalue weighted by molar-refractivity contribution is 5.42. The molecule has 0 radical (unpaired) electrons. The number of methoxy groups -OCH3 is 1. The molecule has 1 aromatic carbocycles. The molecule has 1 aliphatic heterocycles. The highest BCUT2D eigenvalue weighted by Crippen LogP contribution is 2.30. The molecule has 2 unspecified atom stereocenters. The van der Waals surface area contributed by atoms with Gasteiger partial charge in [-0.2, -0.15) is 0 Å². The monoisotopic (exact) mass is 249 g/mol. The van der Waals surface area contributed by atoms with E-state index in [9.17, 15) is 5.11 Å². The molecule has 1 aliphatic rings. The van der Waals surface area contributed by atoms with Crippen molar-refractivity contribution in [1.82, 2.24) is 5.32 Å². The molecule has 0 aromatic heterocycles. The van der Waals surface area contributed by atoms with Crippen LogP contribution in [0.15, 0.2) is 12.1 Å². The van der Waals surface area contributed by atoms with Crippen LogP contribution in [0.2, 0.25) is 0 Å². The van der Waals surface area contributed by atoms with E-state index < -0.39 is 6.10 Å². The minimum Gasteiger partial charge on any atom is -0.497 e. The van der Waals surface area contributed by atoms with E-state index in [1.807, 2.05) is 26.0 Å². The Morgan fingerprint density at radius 1 is 1.28 bits per heavy atom. The van der Waals surface area contributed by atoms with Gasteiger partial charge in [0, 0.05) is 6.04 Å². The molecule has 2 rings (SSSR count). The summed E-state index contributed by atoms with van der Waals surface area (Å²) in [6.45, 7) is 5.09. The third-order valence-electron chi connectivity index (χ3n) is 3.83. The Morgan fingerprint density at radius 2 is 1.94 bits per heavy atom. The van der Waals surface area contributed by atoms with E-state index in [-0.39, 0.29) is 6.04 Å². The molecule has 1 aromatic rings. The molecule has 2 N–H and O–H groups in total. The molecule has 0 bridgehead atoms. The largest absolute Gasteiger partial charge is 0.497 e. The first-order valence-electron chi connectivity index (χ1n) is 6.70. The van der Waals surface area contributed by atoms with Crippen molar-refractivity contribution in [3.8, 4) is 5.75 Å². The lowest BCUT2D eigenvalue weighted by molar-refractivity contribution is 0.112. The summed E-state index contributed by atoms with van der Waals surface area (Å²) < 4.78 is 5.26. The van der Waals surface area contributed by atoms with Crippen molar-refractivity contribution in [3.05, 3.63) is 28.8 Å². The second-order valence-corrected chi connectivity index (χ2v) is 5.18. The molecular formula is C15H23NO2. The molecule has 100 valence electrons. The quantitative estimate of drug-likeness (QED) is 0.864. The first kappa shape index (κ1) is 13.4. The molecule has 2 atom stereocenters. The molecule has 1 fully saturated rings. The molecule has 0 aliphatic carbocycles. The number of aliphatic hydroxyl groups is 1. The normalized spacial score (nSPS) is 21.7. The van der Waals surface area contributed by atoms with Crippen molar-refractivity contribution in [1.29, 1.82) is 0 Å². The van der Waals surface area contributed by atoms with E-state index in [1.165, 1.54) is 12.8 Å². The van der Waals surface area contributed by atoms with E-state index in [1.54, 1.807) is 7.11 Å². The number of piperidine rings is 1. The molecule has 3 heteroatoms. The van der Waals surface area contributed by atoms with Gasteiger partial charge in [0.2, 0.25) is 0 Å². The van der Waals surface area contributed by atoms with Gasteiger partial charge < -0.3 is 15.2 Å². The summed E-state index contributed by atoms with van der Waals surface area (Å²) in [5, 5.41) is 14.0. The zero-order valence-electron chi connectivity index (χ0n) is 11.5. The zero-order chi connectivity index (χ0) is 13.1. The standard InChI is InChI=1S/C15H23NO2/c1-10-8-12(18-3)9-11(2)14(10)15(17)13-6-4-5-7-16-13/h8-9,13,15-17H,4-7H2,1-3H3. The van der Waals surface area contributed by atoms with E-state index in [2.05, 4.69) is 5.32 Å². The average Bonchev–Trinajstić information content (AvgIpc) is 2.38. The fourth-order valence-electron chi connectivity index (χ4n) is 2.87. The number of hydrogen-bond donors (Lipinski definition) is 2. The third kappa shape index (κ3) is 2.68. The van der Waals surface area contributed by atoms with Crippen LogP contribution in [-0.2, 0) is 0 Å². The fourth-order valence-corrected chi connectivity index (χ4v) is 2.87. The maximum absolute atomic E-state index is 10.6. The van der Waals surface area contributed by atoms with E-state index >= 15 is 0 Å². The summed E-state index contributed by atoms with van der Waals surface area (Å²) in [6.07, 6.45) is 3.04. The van der Waals surface area contributed by atoms with Crippen LogP contribution in [0.1, 0.15) is 42.1 Å². The van der Waals surface area contributed by atoms with Crippen molar-refractivity contribution < 1.29 is 9.84 Å². The summed E-state index contributed by atoms with van der Waals surface area (Å²) in [7, 11) is 1.67. The van der Waals surface area contributed by atoms with Gasteiger partial charge in [-0.25, -0.2) is 0 Å². The van der Waals surface area contributed by atoms with Gasteiger partial charge in [-0.15, -0.1) is 0 Å². The summed E-state index contributed by atoms with van der Waals surface area (Å²) >= 11 is 0. The molecule has 0 saturated carbocycles. The average molecular weight is 249 g/mol. The summed E-state index contributed by atoms with van der Waals surface area (Å²) in [6, 6.07) is 4.17. The number of benzene rings is 1. The van der Waals surface area contributed by atoms with E-state index in [4.69, 9.17) is 4.74 Å². The van der Waals surface area contributed by atoms with Crippen LogP contribution in [0, 0.1) is 13.8 Å². The molecule has 3 nitrogen and oxygen atoms in total. The Kier molecular flexibility index (Phi) is 4.25. The molecular weight excluding hydrogens is 226 g/mol. The molecule has 1 saturated heterocycles. The number of rotatable bonds is 3. The van der Waals surface area contributed by atoms with Gasteiger partial charge >= 0.3 is 0 Å². The van der Waals surface area contributed by atoms with Crippen molar-refractivity contribution in [3.63, 3.8) is 0 Å². The first-order chi connectivity index (χ1) is 8.63. The Hall–Kier alpha value is -1.06. The Morgan fingerprint density at radius 3 is 2.44 bits per heavy atom. The SMILES string of the molecule is COc1cc(C)c(C(O)C2CCCCN2)c(C)c1. The molecule has 1 heterocycles. The zero-order valence-corrected chi connectivity index (χ0v) is 11.5. The van der Waals surface area contributed by atoms with Crippen LogP contribution in [0.3, 0.4) is 0 Å². The fraction of sp³-hybridized carbons (Fsp3) is 0.600. The maximum atomic E-state index is 10.6. The van der Waals surface area contributed by atoms with Gasteiger partial charge in [0.1, 0.15) is 5.75 Å². The minimum absolute atomic E-state index is 0.185. The predicted molar refractivity (Wildman–Crippen MR) is 73.1 cm³/mol. The van der Waals surface area contributed by atoms with Crippen molar-refractivity contribution in [2.45, 2.75) is 45.3 Å². The highest BCUT2D eigenvalue weighted by atomic mass is 16.5. The van der Waals surface area contributed by atoms with Gasteiger partial charge in [0.15, 0.2) is 0 Å². The van der Waals surface area contributed by atoms with Gasteiger partial charge in [-0.05, 0) is 62.1 Å². The lowest BCUT2D eigenvalue weighted by Gasteiger charge is -2.30. The number of aryl methyl sites for hydroxylation is 2. The molecule has 18 heavy (non-hydrogen) atoms. The second kappa shape index (κ2) is 5.72. The lowest BCUT2D eigenvalue weighted by atomic mass is 9.89. The Balaban J connectivity index is 2.26.